The van der Waals surface area contributed by atoms with E-state index >= 15 is 0 Å². The van der Waals surface area contributed by atoms with Gasteiger partial charge >= 0.3 is 0 Å². The summed E-state index contributed by atoms with van der Waals surface area (Å²) in [6, 6.07) is 1.92. The molecule has 0 atom stereocenters. The highest BCUT2D eigenvalue weighted by molar-refractivity contribution is 5.03. The lowest BCUT2D eigenvalue weighted by Gasteiger charge is -1.79. The van der Waals surface area contributed by atoms with Crippen molar-refractivity contribution in [2.75, 3.05) is 13.1 Å². The van der Waals surface area contributed by atoms with E-state index in [1.165, 1.54) is 6.08 Å². The molecule has 2 nitrogen and oxygen atoms in total. The molecule has 1 saturated heterocycles. The lowest BCUT2D eigenvalue weighted by Crippen LogP contribution is -1.76. The Morgan fingerprint density at radius 3 is 2.71 bits per heavy atom. The standard InChI is InChI=1S/C5H6N2/c6-2-1-3-7-4-5-7/h1,3H,4-5H2/b3-1+. The maximum Gasteiger partial charge on any atom is 0.0927 e. The van der Waals surface area contributed by atoms with Gasteiger partial charge in [-0.2, -0.15) is 5.26 Å². The van der Waals surface area contributed by atoms with Crippen molar-refractivity contribution in [1.29, 1.82) is 5.26 Å². The van der Waals surface area contributed by atoms with Gasteiger partial charge in [0.1, 0.15) is 0 Å². The van der Waals surface area contributed by atoms with Crippen molar-refractivity contribution in [3.63, 3.8) is 0 Å². The number of nitriles is 1. The SMILES string of the molecule is N#C/C=C/N1CC1. The van der Waals surface area contributed by atoms with Crippen LogP contribution in [0.25, 0.3) is 0 Å². The van der Waals surface area contributed by atoms with Crippen molar-refractivity contribution in [2.45, 2.75) is 0 Å². The van der Waals surface area contributed by atoms with Gasteiger partial charge in [-0.05, 0) is 0 Å². The zero-order valence-corrected chi connectivity index (χ0v) is 3.96. The predicted molar refractivity (Wildman–Crippen MR) is 26.3 cm³/mol. The molecule has 0 radical (unpaired) electrons. The highest BCUT2D eigenvalue weighted by atomic mass is 15.2. The fourth-order valence-corrected chi connectivity index (χ4v) is 0.346. The first-order chi connectivity index (χ1) is 3.43. The van der Waals surface area contributed by atoms with Crippen molar-refractivity contribution < 1.29 is 0 Å². The topological polar surface area (TPSA) is 26.8 Å². The van der Waals surface area contributed by atoms with Gasteiger partial charge in [-0.15, -0.1) is 0 Å². The quantitative estimate of drug-likeness (QED) is 0.346. The summed E-state index contributed by atoms with van der Waals surface area (Å²) in [5, 5.41) is 7.98. The molecule has 1 aliphatic rings. The third kappa shape index (κ3) is 1.27. The van der Waals surface area contributed by atoms with Gasteiger partial charge in [0, 0.05) is 25.4 Å². The van der Waals surface area contributed by atoms with E-state index in [4.69, 9.17) is 5.26 Å². The van der Waals surface area contributed by atoms with E-state index in [9.17, 15) is 0 Å². The van der Waals surface area contributed by atoms with Crippen LogP contribution in [0.15, 0.2) is 12.3 Å². The summed E-state index contributed by atoms with van der Waals surface area (Å²) in [5.41, 5.74) is 0. The average Bonchev–Trinajstić information content (AvgIpc) is 2.42. The fourth-order valence-electron chi connectivity index (χ4n) is 0.346. The Hall–Kier alpha value is -0.970. The van der Waals surface area contributed by atoms with E-state index in [-0.39, 0.29) is 0 Å². The second kappa shape index (κ2) is 1.65. The predicted octanol–water partition coefficient (Wildman–Crippen LogP) is 0.339. The summed E-state index contributed by atoms with van der Waals surface area (Å²) >= 11 is 0. The first-order valence-corrected chi connectivity index (χ1v) is 2.24. The van der Waals surface area contributed by atoms with Crippen LogP contribution in [0, 0.1) is 11.3 Å². The van der Waals surface area contributed by atoms with Gasteiger partial charge in [-0.25, -0.2) is 0 Å². The number of rotatable bonds is 1. The number of allylic oxidation sites excluding steroid dienone is 1. The molecule has 0 saturated carbocycles. The Kier molecular flexibility index (Phi) is 0.991. The van der Waals surface area contributed by atoms with Crippen LogP contribution in [0.5, 0.6) is 0 Å². The Labute approximate surface area is 42.7 Å². The molecule has 0 bridgehead atoms. The highest BCUT2D eigenvalue weighted by Gasteiger charge is 2.09. The van der Waals surface area contributed by atoms with Gasteiger partial charge < -0.3 is 4.90 Å². The molecule has 7 heavy (non-hydrogen) atoms. The molecule has 0 aromatic heterocycles. The Balaban J connectivity index is 2.21. The smallest absolute Gasteiger partial charge is 0.0927 e. The molecular formula is C5H6N2. The second-order valence-corrected chi connectivity index (χ2v) is 1.48. The van der Waals surface area contributed by atoms with E-state index in [0.717, 1.165) is 13.1 Å². The van der Waals surface area contributed by atoms with Crippen LogP contribution < -0.4 is 0 Å². The van der Waals surface area contributed by atoms with Gasteiger partial charge in [0.05, 0.1) is 6.07 Å². The highest BCUT2D eigenvalue weighted by Crippen LogP contribution is 2.01. The molecule has 2 heteroatoms. The van der Waals surface area contributed by atoms with Gasteiger partial charge in [-0.3, -0.25) is 0 Å². The molecule has 1 heterocycles. The Bertz CT molecular complexity index is 117. The first-order valence-electron chi connectivity index (χ1n) is 2.24. The van der Waals surface area contributed by atoms with Crippen LogP contribution in [0.1, 0.15) is 0 Å². The van der Waals surface area contributed by atoms with Crippen LogP contribution in [-0.4, -0.2) is 18.0 Å². The zero-order chi connectivity index (χ0) is 5.11. The molecule has 0 N–H and O–H groups in total. The van der Waals surface area contributed by atoms with E-state index in [1.54, 1.807) is 6.20 Å². The molecule has 0 aromatic carbocycles. The van der Waals surface area contributed by atoms with Crippen LogP contribution in [0.3, 0.4) is 0 Å². The maximum absolute atomic E-state index is 7.98. The summed E-state index contributed by atoms with van der Waals surface area (Å²) in [4.78, 5) is 2.06. The molecule has 0 unspecified atom stereocenters. The minimum Gasteiger partial charge on any atom is -0.373 e. The van der Waals surface area contributed by atoms with Gasteiger partial charge in [0.2, 0.25) is 0 Å². The first kappa shape index (κ1) is 4.20. The Morgan fingerprint density at radius 2 is 2.29 bits per heavy atom. The van der Waals surface area contributed by atoms with E-state index in [2.05, 4.69) is 4.90 Å². The zero-order valence-electron chi connectivity index (χ0n) is 3.96. The molecule has 1 rings (SSSR count). The minimum atomic E-state index is 1.12. The summed E-state index contributed by atoms with van der Waals surface area (Å²) in [7, 11) is 0. The van der Waals surface area contributed by atoms with E-state index in [0.29, 0.717) is 0 Å². The van der Waals surface area contributed by atoms with Crippen LogP contribution in [0.2, 0.25) is 0 Å². The van der Waals surface area contributed by atoms with Crippen molar-refractivity contribution >= 4 is 0 Å². The fraction of sp³-hybridized carbons (Fsp3) is 0.400. The summed E-state index contributed by atoms with van der Waals surface area (Å²) in [6.45, 7) is 2.25. The number of hydrogen-bond donors (Lipinski definition) is 0. The third-order valence-corrected chi connectivity index (χ3v) is 0.842. The molecule has 0 aromatic rings. The average molecular weight is 94.1 g/mol. The lowest BCUT2D eigenvalue weighted by atomic mass is 10.7. The number of hydrogen-bond acceptors (Lipinski definition) is 2. The van der Waals surface area contributed by atoms with Crippen molar-refractivity contribution in [1.82, 2.24) is 4.90 Å². The minimum absolute atomic E-state index is 1.12. The van der Waals surface area contributed by atoms with Gasteiger partial charge in [0.25, 0.3) is 0 Å². The normalized spacial score (nSPS) is 17.3. The van der Waals surface area contributed by atoms with Crippen LogP contribution >= 0.6 is 0 Å². The van der Waals surface area contributed by atoms with E-state index in [1.807, 2.05) is 6.07 Å². The molecule has 1 aliphatic heterocycles. The van der Waals surface area contributed by atoms with Crippen LogP contribution in [0.4, 0.5) is 0 Å². The Morgan fingerprint density at radius 1 is 1.57 bits per heavy atom. The monoisotopic (exact) mass is 94.1 g/mol. The molecule has 0 spiro atoms. The third-order valence-electron chi connectivity index (χ3n) is 0.842. The molecule has 0 amide bonds. The number of nitrogens with zero attached hydrogens (tertiary/aromatic N) is 2. The van der Waals surface area contributed by atoms with E-state index < -0.39 is 0 Å². The molecule has 0 aliphatic carbocycles. The molecular weight excluding hydrogens is 88.1 g/mol. The van der Waals surface area contributed by atoms with Crippen molar-refractivity contribution in [2.24, 2.45) is 0 Å². The second-order valence-electron chi connectivity index (χ2n) is 1.48. The van der Waals surface area contributed by atoms with Crippen molar-refractivity contribution in [3.05, 3.63) is 12.3 Å². The molecule has 36 valence electrons. The maximum atomic E-state index is 7.98. The van der Waals surface area contributed by atoms with Gasteiger partial charge in [0.15, 0.2) is 0 Å². The lowest BCUT2D eigenvalue weighted by molar-refractivity contribution is 0.773. The summed E-state index contributed by atoms with van der Waals surface area (Å²) < 4.78 is 0. The molecule has 1 fully saturated rings. The van der Waals surface area contributed by atoms with Crippen LogP contribution in [-0.2, 0) is 0 Å². The van der Waals surface area contributed by atoms with Crippen molar-refractivity contribution in [3.8, 4) is 6.07 Å². The van der Waals surface area contributed by atoms with Gasteiger partial charge in [-0.1, -0.05) is 0 Å². The largest absolute Gasteiger partial charge is 0.373 e. The summed E-state index contributed by atoms with van der Waals surface area (Å²) in [6.07, 6.45) is 3.30. The summed E-state index contributed by atoms with van der Waals surface area (Å²) in [5.74, 6) is 0.